The molecule has 0 bridgehead atoms. The van der Waals surface area contributed by atoms with Crippen molar-refractivity contribution in [3.8, 4) is 17.0 Å². The summed E-state index contributed by atoms with van der Waals surface area (Å²) in [5.74, 6) is 0.645. The van der Waals surface area contributed by atoms with Gasteiger partial charge < -0.3 is 26.3 Å². The van der Waals surface area contributed by atoms with Crippen LogP contribution >= 0.6 is 0 Å². The number of nitrogens with one attached hydrogen (secondary N) is 1. The second-order valence-electron chi connectivity index (χ2n) is 10.6. The summed E-state index contributed by atoms with van der Waals surface area (Å²) in [5, 5.41) is 2.93. The van der Waals surface area contributed by atoms with Crippen molar-refractivity contribution < 1.29 is 19.1 Å². The fourth-order valence-electron chi connectivity index (χ4n) is 4.77. The van der Waals surface area contributed by atoms with E-state index in [-0.39, 0.29) is 17.9 Å². The third-order valence-corrected chi connectivity index (χ3v) is 6.45. The van der Waals surface area contributed by atoms with Crippen LogP contribution in [0.2, 0.25) is 0 Å². The fraction of sp³-hybridized carbons (Fsp3) is 0.520. The Balaban J connectivity index is 1.50. The van der Waals surface area contributed by atoms with Crippen LogP contribution in [0.4, 0.5) is 16.3 Å². The van der Waals surface area contributed by atoms with Gasteiger partial charge in [-0.15, -0.1) is 0 Å². The number of hydrogen-bond acceptors (Lipinski definition) is 8. The molecule has 1 fully saturated rings. The SMILES string of the molecule is CC(C)(C)OC(=O)N[C@H]1CC[C@H](Oc2ccc3c(c2N)C(=O)C(C)(C)c2c(N)ncnc2-3)CC1. The van der Waals surface area contributed by atoms with Crippen LogP contribution < -0.4 is 21.5 Å². The standard InChI is InChI=1S/C25H33N5O4/c1-24(2,3)34-23(32)30-13-6-8-14(9-7-13)33-16-11-10-15-17(19(16)26)21(31)25(4,5)18-20(15)28-12-29-22(18)27/h10-14H,6-9,26H2,1-5H3,(H,30,32)(H2,27,28,29)/t13-,14-. The van der Waals surface area contributed by atoms with Crippen LogP contribution in [0.5, 0.6) is 5.75 Å². The van der Waals surface area contributed by atoms with Gasteiger partial charge in [0.25, 0.3) is 0 Å². The first-order chi connectivity index (χ1) is 15.9. The predicted octanol–water partition coefficient (Wildman–Crippen LogP) is 4.00. The number of nitrogens with zero attached hydrogens (tertiary/aromatic N) is 2. The summed E-state index contributed by atoms with van der Waals surface area (Å²) in [7, 11) is 0. The minimum absolute atomic E-state index is 0.0413. The van der Waals surface area contributed by atoms with Gasteiger partial charge in [0.1, 0.15) is 23.5 Å². The zero-order chi connectivity index (χ0) is 24.8. The second-order valence-corrected chi connectivity index (χ2v) is 10.6. The van der Waals surface area contributed by atoms with Crippen LogP contribution in [-0.2, 0) is 10.2 Å². The maximum atomic E-state index is 13.5. The number of anilines is 2. The maximum Gasteiger partial charge on any atom is 0.407 e. The summed E-state index contributed by atoms with van der Waals surface area (Å²) in [6.45, 7) is 9.14. The molecule has 0 unspecified atom stereocenters. The van der Waals surface area contributed by atoms with Crippen molar-refractivity contribution in [2.24, 2.45) is 0 Å². The molecule has 182 valence electrons. The summed E-state index contributed by atoms with van der Waals surface area (Å²) in [6, 6.07) is 3.64. The predicted molar refractivity (Wildman–Crippen MR) is 130 cm³/mol. The Hall–Kier alpha value is -3.36. The van der Waals surface area contributed by atoms with Crippen LogP contribution in [0, 0.1) is 0 Å². The zero-order valence-electron chi connectivity index (χ0n) is 20.4. The van der Waals surface area contributed by atoms with Gasteiger partial charge in [0.2, 0.25) is 0 Å². The normalized spacial score (nSPS) is 21.3. The number of aromatic nitrogens is 2. The molecule has 34 heavy (non-hydrogen) atoms. The molecular weight excluding hydrogens is 434 g/mol. The number of benzene rings is 1. The molecule has 0 radical (unpaired) electrons. The smallest absolute Gasteiger partial charge is 0.407 e. The molecule has 1 aromatic carbocycles. The Kier molecular flexibility index (Phi) is 5.91. The Morgan fingerprint density at radius 1 is 1.12 bits per heavy atom. The highest BCUT2D eigenvalue weighted by molar-refractivity contribution is 6.16. The van der Waals surface area contributed by atoms with Crippen molar-refractivity contribution in [2.75, 3.05) is 11.5 Å². The first-order valence-corrected chi connectivity index (χ1v) is 11.6. The molecule has 1 amide bonds. The van der Waals surface area contributed by atoms with Gasteiger partial charge in [-0.2, -0.15) is 0 Å². The number of ether oxygens (including phenoxy) is 2. The Morgan fingerprint density at radius 3 is 2.44 bits per heavy atom. The topological polar surface area (TPSA) is 142 Å². The summed E-state index contributed by atoms with van der Waals surface area (Å²) < 4.78 is 11.6. The minimum atomic E-state index is -0.911. The number of carbonyl (C=O) groups is 2. The lowest BCUT2D eigenvalue weighted by Gasteiger charge is -2.34. The van der Waals surface area contributed by atoms with E-state index in [0.29, 0.717) is 39.6 Å². The van der Waals surface area contributed by atoms with E-state index >= 15 is 0 Å². The number of nitrogen functional groups attached to an aromatic ring is 2. The lowest BCUT2D eigenvalue weighted by Crippen LogP contribution is -2.42. The third-order valence-electron chi connectivity index (χ3n) is 6.45. The van der Waals surface area contributed by atoms with Crippen molar-refractivity contribution in [1.29, 1.82) is 0 Å². The molecule has 2 aliphatic rings. The van der Waals surface area contributed by atoms with E-state index in [4.69, 9.17) is 20.9 Å². The molecule has 9 nitrogen and oxygen atoms in total. The van der Waals surface area contributed by atoms with E-state index in [0.717, 1.165) is 25.7 Å². The van der Waals surface area contributed by atoms with E-state index in [1.54, 1.807) is 6.07 Å². The van der Waals surface area contributed by atoms with E-state index in [9.17, 15) is 9.59 Å². The van der Waals surface area contributed by atoms with Gasteiger partial charge in [-0.05, 0) is 72.4 Å². The molecule has 2 aliphatic carbocycles. The van der Waals surface area contributed by atoms with Gasteiger partial charge in [-0.25, -0.2) is 14.8 Å². The number of nitrogens with two attached hydrogens (primary N) is 2. The molecule has 4 rings (SSSR count). The van der Waals surface area contributed by atoms with Crippen molar-refractivity contribution >= 4 is 23.4 Å². The molecule has 0 atom stereocenters. The average Bonchev–Trinajstić information content (AvgIpc) is 2.73. The summed E-state index contributed by atoms with van der Waals surface area (Å²) in [5.41, 5.74) is 13.8. The number of amides is 1. The van der Waals surface area contributed by atoms with Gasteiger partial charge in [-0.3, -0.25) is 4.79 Å². The van der Waals surface area contributed by atoms with E-state index in [1.807, 2.05) is 40.7 Å². The van der Waals surface area contributed by atoms with Crippen molar-refractivity contribution in [2.45, 2.75) is 83.5 Å². The molecule has 1 saturated carbocycles. The van der Waals surface area contributed by atoms with E-state index in [2.05, 4.69) is 15.3 Å². The number of alkyl carbamates (subject to hydrolysis) is 1. The van der Waals surface area contributed by atoms with Crippen LogP contribution in [0.15, 0.2) is 18.5 Å². The van der Waals surface area contributed by atoms with Gasteiger partial charge >= 0.3 is 6.09 Å². The van der Waals surface area contributed by atoms with Gasteiger partial charge in [-0.1, -0.05) is 0 Å². The van der Waals surface area contributed by atoms with Gasteiger partial charge in [0.15, 0.2) is 5.78 Å². The minimum Gasteiger partial charge on any atom is -0.488 e. The molecule has 1 aromatic heterocycles. The molecule has 2 aromatic rings. The Bertz CT molecular complexity index is 1130. The highest BCUT2D eigenvalue weighted by Crippen LogP contribution is 2.47. The Morgan fingerprint density at radius 2 is 1.79 bits per heavy atom. The fourth-order valence-corrected chi connectivity index (χ4v) is 4.77. The van der Waals surface area contributed by atoms with Crippen LogP contribution in [0.3, 0.4) is 0 Å². The van der Waals surface area contributed by atoms with Crippen molar-refractivity contribution in [1.82, 2.24) is 15.3 Å². The quantitative estimate of drug-likeness (QED) is 0.575. The number of ketones is 1. The number of fused-ring (bicyclic) bond motifs is 3. The summed E-state index contributed by atoms with van der Waals surface area (Å²) in [4.78, 5) is 34.0. The van der Waals surface area contributed by atoms with Gasteiger partial charge in [0, 0.05) is 17.2 Å². The molecule has 0 spiro atoms. The molecular formula is C25H33N5O4. The monoisotopic (exact) mass is 467 g/mol. The van der Waals surface area contributed by atoms with Gasteiger partial charge in [0.05, 0.1) is 28.5 Å². The Labute approximate surface area is 199 Å². The van der Waals surface area contributed by atoms with E-state index in [1.165, 1.54) is 6.33 Å². The lowest BCUT2D eigenvalue weighted by atomic mass is 9.70. The van der Waals surface area contributed by atoms with Crippen molar-refractivity contribution in [3.05, 3.63) is 29.6 Å². The number of hydrogen-bond donors (Lipinski definition) is 3. The highest BCUT2D eigenvalue weighted by Gasteiger charge is 2.43. The first-order valence-electron chi connectivity index (χ1n) is 11.6. The van der Waals surface area contributed by atoms with Crippen LogP contribution in [0.25, 0.3) is 11.3 Å². The third kappa shape index (κ3) is 4.38. The second kappa shape index (κ2) is 8.45. The van der Waals surface area contributed by atoms with Crippen LogP contribution in [0.1, 0.15) is 76.2 Å². The summed E-state index contributed by atoms with van der Waals surface area (Å²) in [6.07, 6.45) is 3.98. The molecule has 0 saturated heterocycles. The number of Topliss-reactive ketones (excluding diaryl/α,β-unsaturated/α-hetero) is 1. The zero-order valence-corrected chi connectivity index (χ0v) is 20.4. The van der Waals surface area contributed by atoms with Crippen LogP contribution in [-0.4, -0.2) is 39.6 Å². The summed E-state index contributed by atoms with van der Waals surface area (Å²) >= 11 is 0. The lowest BCUT2D eigenvalue weighted by molar-refractivity contribution is 0.0471. The largest absolute Gasteiger partial charge is 0.488 e. The average molecular weight is 468 g/mol. The van der Waals surface area contributed by atoms with E-state index < -0.39 is 17.1 Å². The molecule has 0 aliphatic heterocycles. The van der Waals surface area contributed by atoms with Crippen molar-refractivity contribution in [3.63, 3.8) is 0 Å². The highest BCUT2D eigenvalue weighted by atomic mass is 16.6. The molecule has 5 N–H and O–H groups in total. The maximum absolute atomic E-state index is 13.5. The molecule has 9 heteroatoms. The number of rotatable bonds is 3. The number of carbonyl (C=O) groups excluding carboxylic acids is 2. The first kappa shape index (κ1) is 23.8. The molecule has 1 heterocycles.